The molecule has 0 bridgehead atoms. The minimum atomic E-state index is 0.00667. The van der Waals surface area contributed by atoms with Gasteiger partial charge in [-0.15, -0.1) is 0 Å². The number of carbonyl (C=O) groups excluding carboxylic acids is 2. The largest absolute Gasteiger partial charge is 0.354 e. The fourth-order valence-electron chi connectivity index (χ4n) is 2.06. The first kappa shape index (κ1) is 13.9. The van der Waals surface area contributed by atoms with E-state index in [4.69, 9.17) is 0 Å². The van der Waals surface area contributed by atoms with Crippen molar-refractivity contribution in [3.63, 3.8) is 0 Å². The molecule has 4 nitrogen and oxygen atoms in total. The van der Waals surface area contributed by atoms with Crippen LogP contribution < -0.4 is 5.32 Å². The quantitative estimate of drug-likeness (QED) is 0.912. The first-order chi connectivity index (χ1) is 9.20. The van der Waals surface area contributed by atoms with Crippen LogP contribution in [0.15, 0.2) is 24.3 Å². The number of thioether (sulfide) groups is 1. The summed E-state index contributed by atoms with van der Waals surface area (Å²) in [6.07, 6.45) is 2.44. The Morgan fingerprint density at radius 1 is 1.32 bits per heavy atom. The van der Waals surface area contributed by atoms with E-state index in [0.29, 0.717) is 31.6 Å². The summed E-state index contributed by atoms with van der Waals surface area (Å²) in [5.41, 5.74) is 1.91. The maximum atomic E-state index is 12.3. The van der Waals surface area contributed by atoms with Gasteiger partial charge in [0.05, 0.1) is 0 Å². The second kappa shape index (κ2) is 6.61. The molecule has 0 radical (unpaired) electrons. The molecule has 0 atom stereocenters. The van der Waals surface area contributed by atoms with E-state index in [1.54, 1.807) is 16.7 Å². The van der Waals surface area contributed by atoms with Crippen LogP contribution in [-0.4, -0.2) is 42.6 Å². The Bertz CT molecular complexity index is 459. The van der Waals surface area contributed by atoms with Crippen LogP contribution in [0.3, 0.4) is 0 Å². The maximum Gasteiger partial charge on any atom is 0.253 e. The third kappa shape index (κ3) is 3.73. The number of hydrogen-bond donors (Lipinski definition) is 1. The average molecular weight is 278 g/mol. The van der Waals surface area contributed by atoms with Gasteiger partial charge in [0, 0.05) is 37.4 Å². The molecule has 1 aromatic carbocycles. The molecule has 1 heterocycles. The van der Waals surface area contributed by atoms with Crippen LogP contribution in [0.25, 0.3) is 0 Å². The Balaban J connectivity index is 2.03. The SMILES string of the molecule is CSCc1ccc(C(=O)N2CCNC(=O)CC2)cc1. The minimum absolute atomic E-state index is 0.00667. The number of rotatable bonds is 3. The van der Waals surface area contributed by atoms with Gasteiger partial charge in [0.1, 0.15) is 0 Å². The van der Waals surface area contributed by atoms with Crippen molar-refractivity contribution in [3.8, 4) is 0 Å². The van der Waals surface area contributed by atoms with Crippen LogP contribution in [-0.2, 0) is 10.5 Å². The summed E-state index contributed by atoms with van der Waals surface area (Å²) in [6, 6.07) is 7.72. The molecule has 0 saturated carbocycles. The molecule has 1 aromatic rings. The molecule has 5 heteroatoms. The number of carbonyl (C=O) groups is 2. The Kier molecular flexibility index (Phi) is 4.85. The number of amides is 2. The molecular formula is C14H18N2O2S. The van der Waals surface area contributed by atoms with Crippen molar-refractivity contribution in [1.82, 2.24) is 10.2 Å². The van der Waals surface area contributed by atoms with Crippen molar-refractivity contribution < 1.29 is 9.59 Å². The van der Waals surface area contributed by atoms with E-state index in [1.165, 1.54) is 5.56 Å². The zero-order valence-corrected chi connectivity index (χ0v) is 11.8. The third-order valence-corrected chi connectivity index (χ3v) is 3.73. The zero-order chi connectivity index (χ0) is 13.7. The van der Waals surface area contributed by atoms with E-state index in [2.05, 4.69) is 11.6 Å². The molecular weight excluding hydrogens is 260 g/mol. The fraction of sp³-hybridized carbons (Fsp3) is 0.429. The van der Waals surface area contributed by atoms with Crippen LogP contribution >= 0.6 is 11.8 Å². The van der Waals surface area contributed by atoms with E-state index in [0.717, 1.165) is 5.75 Å². The van der Waals surface area contributed by atoms with E-state index in [1.807, 2.05) is 24.3 Å². The smallest absolute Gasteiger partial charge is 0.253 e. The van der Waals surface area contributed by atoms with Crippen LogP contribution in [0.5, 0.6) is 0 Å². The lowest BCUT2D eigenvalue weighted by Gasteiger charge is -2.19. The van der Waals surface area contributed by atoms with Gasteiger partial charge in [-0.25, -0.2) is 0 Å². The molecule has 0 unspecified atom stereocenters. The monoisotopic (exact) mass is 278 g/mol. The number of nitrogens with zero attached hydrogens (tertiary/aromatic N) is 1. The summed E-state index contributed by atoms with van der Waals surface area (Å²) in [6.45, 7) is 1.61. The summed E-state index contributed by atoms with van der Waals surface area (Å²) in [5, 5.41) is 2.77. The Labute approximate surface area is 117 Å². The molecule has 0 aromatic heterocycles. The topological polar surface area (TPSA) is 49.4 Å². The van der Waals surface area contributed by atoms with E-state index in [-0.39, 0.29) is 11.8 Å². The Morgan fingerprint density at radius 3 is 2.74 bits per heavy atom. The summed E-state index contributed by atoms with van der Waals surface area (Å²) < 4.78 is 0. The number of nitrogens with one attached hydrogen (secondary N) is 1. The van der Waals surface area contributed by atoms with Crippen molar-refractivity contribution in [1.29, 1.82) is 0 Å². The highest BCUT2D eigenvalue weighted by atomic mass is 32.2. The molecule has 1 aliphatic rings. The fourth-order valence-corrected chi connectivity index (χ4v) is 2.59. The molecule has 1 fully saturated rings. The second-order valence-corrected chi connectivity index (χ2v) is 5.39. The van der Waals surface area contributed by atoms with Crippen molar-refractivity contribution >= 4 is 23.6 Å². The molecule has 19 heavy (non-hydrogen) atoms. The maximum absolute atomic E-state index is 12.3. The van der Waals surface area contributed by atoms with Crippen LogP contribution in [0.2, 0.25) is 0 Å². The molecule has 1 N–H and O–H groups in total. The summed E-state index contributed by atoms with van der Waals surface area (Å²) >= 11 is 1.76. The molecule has 1 saturated heterocycles. The molecule has 0 aliphatic carbocycles. The lowest BCUT2D eigenvalue weighted by Crippen LogP contribution is -2.34. The van der Waals surface area contributed by atoms with Crippen molar-refractivity contribution in [2.45, 2.75) is 12.2 Å². The number of hydrogen-bond acceptors (Lipinski definition) is 3. The van der Waals surface area contributed by atoms with E-state index in [9.17, 15) is 9.59 Å². The minimum Gasteiger partial charge on any atom is -0.354 e. The molecule has 1 aliphatic heterocycles. The Morgan fingerprint density at radius 2 is 2.05 bits per heavy atom. The van der Waals surface area contributed by atoms with E-state index < -0.39 is 0 Å². The van der Waals surface area contributed by atoms with Gasteiger partial charge in [0.25, 0.3) is 5.91 Å². The molecule has 2 amide bonds. The zero-order valence-electron chi connectivity index (χ0n) is 11.0. The molecule has 0 spiro atoms. The first-order valence-corrected chi connectivity index (χ1v) is 7.74. The average Bonchev–Trinajstić information content (AvgIpc) is 2.64. The van der Waals surface area contributed by atoms with Gasteiger partial charge < -0.3 is 10.2 Å². The molecule has 102 valence electrons. The third-order valence-electron chi connectivity index (χ3n) is 3.11. The summed E-state index contributed by atoms with van der Waals surface area (Å²) in [7, 11) is 0. The van der Waals surface area contributed by atoms with Gasteiger partial charge in [-0.2, -0.15) is 11.8 Å². The summed E-state index contributed by atoms with van der Waals surface area (Å²) in [4.78, 5) is 25.3. The van der Waals surface area contributed by atoms with Crippen LogP contribution in [0.1, 0.15) is 22.3 Å². The van der Waals surface area contributed by atoms with Gasteiger partial charge in [0.2, 0.25) is 5.91 Å². The highest BCUT2D eigenvalue weighted by molar-refractivity contribution is 7.97. The van der Waals surface area contributed by atoms with Gasteiger partial charge in [-0.3, -0.25) is 9.59 Å². The van der Waals surface area contributed by atoms with Crippen molar-refractivity contribution in [2.24, 2.45) is 0 Å². The van der Waals surface area contributed by atoms with Gasteiger partial charge >= 0.3 is 0 Å². The van der Waals surface area contributed by atoms with Crippen LogP contribution in [0, 0.1) is 0 Å². The predicted molar refractivity (Wildman–Crippen MR) is 77.2 cm³/mol. The highest BCUT2D eigenvalue weighted by Gasteiger charge is 2.19. The van der Waals surface area contributed by atoms with Crippen molar-refractivity contribution in [3.05, 3.63) is 35.4 Å². The number of benzene rings is 1. The lowest BCUT2D eigenvalue weighted by molar-refractivity contribution is -0.120. The Hall–Kier alpha value is -1.49. The lowest BCUT2D eigenvalue weighted by atomic mass is 10.1. The molecule has 2 rings (SSSR count). The standard InChI is InChI=1S/C14H18N2O2S/c1-19-10-11-2-4-12(5-3-11)14(18)16-8-6-13(17)15-7-9-16/h2-5H,6-10H2,1H3,(H,15,17). The van der Waals surface area contributed by atoms with Gasteiger partial charge in [0.15, 0.2) is 0 Å². The second-order valence-electron chi connectivity index (χ2n) is 4.52. The predicted octanol–water partition coefficient (Wildman–Crippen LogP) is 1.51. The first-order valence-electron chi connectivity index (χ1n) is 6.34. The van der Waals surface area contributed by atoms with Gasteiger partial charge in [-0.1, -0.05) is 12.1 Å². The van der Waals surface area contributed by atoms with Crippen LogP contribution in [0.4, 0.5) is 0 Å². The van der Waals surface area contributed by atoms with E-state index >= 15 is 0 Å². The normalized spacial score (nSPS) is 15.8. The van der Waals surface area contributed by atoms with Crippen molar-refractivity contribution in [2.75, 3.05) is 25.9 Å². The summed E-state index contributed by atoms with van der Waals surface area (Å²) in [5.74, 6) is 0.981. The highest BCUT2D eigenvalue weighted by Crippen LogP contribution is 2.12. The van der Waals surface area contributed by atoms with Gasteiger partial charge in [-0.05, 0) is 24.0 Å².